The van der Waals surface area contributed by atoms with Crippen LogP contribution in [0.3, 0.4) is 0 Å². The van der Waals surface area contributed by atoms with Crippen LogP contribution in [0, 0.1) is 5.82 Å². The molecule has 0 unspecified atom stereocenters. The zero-order chi connectivity index (χ0) is 11.5. The number of ether oxygens (including phenoxy) is 1. The number of hydrogen-bond acceptors (Lipinski definition) is 3. The van der Waals surface area contributed by atoms with Crippen LogP contribution in [-0.2, 0) is 0 Å². The van der Waals surface area contributed by atoms with Crippen LogP contribution in [0.25, 0.3) is 11.3 Å². The first-order valence-electron chi connectivity index (χ1n) is 4.60. The van der Waals surface area contributed by atoms with Gasteiger partial charge < -0.3 is 4.74 Å². The van der Waals surface area contributed by atoms with Crippen molar-refractivity contribution in [2.75, 3.05) is 7.11 Å². The first kappa shape index (κ1) is 10.4. The van der Waals surface area contributed by atoms with Gasteiger partial charge in [0.15, 0.2) is 11.6 Å². The molecule has 1 aromatic carbocycles. The third-order valence-electron chi connectivity index (χ3n) is 2.13. The Morgan fingerprint density at radius 2 is 2.12 bits per heavy atom. The molecule has 2 aromatic rings. The molecule has 2 rings (SSSR count). The quantitative estimate of drug-likeness (QED) is 0.836. The third kappa shape index (κ3) is 1.93. The van der Waals surface area contributed by atoms with Gasteiger partial charge in [0.25, 0.3) is 5.56 Å². The highest BCUT2D eigenvalue weighted by Crippen LogP contribution is 2.23. The summed E-state index contributed by atoms with van der Waals surface area (Å²) in [6.45, 7) is 0. The Bertz CT molecular complexity index is 546. The highest BCUT2D eigenvalue weighted by atomic mass is 19.1. The molecule has 4 nitrogen and oxygen atoms in total. The molecule has 0 fully saturated rings. The molecular weight excluding hydrogens is 211 g/mol. The minimum absolute atomic E-state index is 0.174. The molecule has 82 valence electrons. The summed E-state index contributed by atoms with van der Waals surface area (Å²) in [4.78, 5) is 10.8. The Morgan fingerprint density at radius 1 is 1.31 bits per heavy atom. The van der Waals surface area contributed by atoms with Gasteiger partial charge in [0, 0.05) is 11.6 Å². The van der Waals surface area contributed by atoms with Gasteiger partial charge in [0.05, 0.1) is 12.8 Å². The van der Waals surface area contributed by atoms with Gasteiger partial charge in [-0.15, -0.1) is 0 Å². The molecule has 0 aliphatic heterocycles. The van der Waals surface area contributed by atoms with Gasteiger partial charge in [-0.3, -0.25) is 4.79 Å². The Labute approximate surface area is 90.7 Å². The van der Waals surface area contributed by atoms with Gasteiger partial charge in [-0.05, 0) is 24.3 Å². The number of benzene rings is 1. The van der Waals surface area contributed by atoms with E-state index in [1.807, 2.05) is 0 Å². The number of nitrogens with zero attached hydrogens (tertiary/aromatic N) is 1. The molecule has 0 aliphatic rings. The lowest BCUT2D eigenvalue weighted by Gasteiger charge is -2.03. The molecule has 0 saturated carbocycles. The molecule has 0 radical (unpaired) electrons. The molecule has 5 heteroatoms. The second-order valence-electron chi connectivity index (χ2n) is 3.16. The first-order chi connectivity index (χ1) is 7.70. The molecule has 0 saturated heterocycles. The Morgan fingerprint density at radius 3 is 2.69 bits per heavy atom. The number of halogens is 1. The van der Waals surface area contributed by atoms with E-state index in [1.54, 1.807) is 6.07 Å². The van der Waals surface area contributed by atoms with Crippen LogP contribution in [-0.4, -0.2) is 17.3 Å². The maximum absolute atomic E-state index is 13.4. The maximum atomic E-state index is 13.4. The molecule has 1 aromatic heterocycles. The van der Waals surface area contributed by atoms with Gasteiger partial charge in [-0.1, -0.05) is 0 Å². The molecule has 0 aliphatic carbocycles. The van der Waals surface area contributed by atoms with Crippen molar-refractivity contribution in [1.82, 2.24) is 10.2 Å². The minimum atomic E-state index is -0.465. The van der Waals surface area contributed by atoms with E-state index in [1.165, 1.54) is 31.4 Å². The van der Waals surface area contributed by atoms with E-state index in [0.717, 1.165) is 0 Å². The normalized spacial score (nSPS) is 10.1. The van der Waals surface area contributed by atoms with Crippen LogP contribution >= 0.6 is 0 Å². The van der Waals surface area contributed by atoms with Crippen LogP contribution in [0.5, 0.6) is 5.75 Å². The van der Waals surface area contributed by atoms with Crippen LogP contribution in [0.4, 0.5) is 4.39 Å². The molecular formula is C11H9FN2O2. The van der Waals surface area contributed by atoms with E-state index in [0.29, 0.717) is 11.3 Å². The minimum Gasteiger partial charge on any atom is -0.494 e. The van der Waals surface area contributed by atoms with E-state index in [-0.39, 0.29) is 11.3 Å². The lowest BCUT2D eigenvalue weighted by atomic mass is 10.1. The highest BCUT2D eigenvalue weighted by molar-refractivity contribution is 5.59. The third-order valence-corrected chi connectivity index (χ3v) is 2.13. The van der Waals surface area contributed by atoms with Crippen molar-refractivity contribution < 1.29 is 9.13 Å². The maximum Gasteiger partial charge on any atom is 0.264 e. The van der Waals surface area contributed by atoms with E-state index in [4.69, 9.17) is 4.74 Å². The van der Waals surface area contributed by atoms with Crippen LogP contribution < -0.4 is 10.3 Å². The summed E-state index contributed by atoms with van der Waals surface area (Å²) in [7, 11) is 1.40. The number of aromatic amines is 1. The van der Waals surface area contributed by atoms with Crippen molar-refractivity contribution >= 4 is 0 Å². The second kappa shape index (κ2) is 4.14. The zero-order valence-corrected chi connectivity index (χ0v) is 8.53. The number of nitrogens with one attached hydrogen (secondary N) is 1. The fraction of sp³-hybridized carbons (Fsp3) is 0.0909. The number of H-pyrrole nitrogens is 1. The fourth-order valence-electron chi connectivity index (χ4n) is 1.33. The van der Waals surface area contributed by atoms with Crippen molar-refractivity contribution in [2.24, 2.45) is 0 Å². The Kier molecular flexibility index (Phi) is 2.68. The van der Waals surface area contributed by atoms with Crippen molar-refractivity contribution in [3.05, 3.63) is 46.5 Å². The first-order valence-corrected chi connectivity index (χ1v) is 4.60. The van der Waals surface area contributed by atoms with E-state index in [2.05, 4.69) is 10.2 Å². The van der Waals surface area contributed by atoms with Crippen LogP contribution in [0.2, 0.25) is 0 Å². The topological polar surface area (TPSA) is 55.0 Å². The number of aromatic nitrogens is 2. The van der Waals surface area contributed by atoms with Crippen molar-refractivity contribution in [1.29, 1.82) is 0 Å². The van der Waals surface area contributed by atoms with E-state index >= 15 is 0 Å². The monoisotopic (exact) mass is 220 g/mol. The molecule has 0 atom stereocenters. The summed E-state index contributed by atoms with van der Waals surface area (Å²) in [5.41, 5.74) is 0.786. The van der Waals surface area contributed by atoms with Gasteiger partial charge in [-0.25, -0.2) is 9.49 Å². The van der Waals surface area contributed by atoms with E-state index in [9.17, 15) is 9.18 Å². The summed E-state index contributed by atoms with van der Waals surface area (Å²) in [6.07, 6.45) is 0. The fourth-order valence-corrected chi connectivity index (χ4v) is 1.33. The molecule has 0 bridgehead atoms. The van der Waals surface area contributed by atoms with Crippen molar-refractivity contribution in [2.45, 2.75) is 0 Å². The lowest BCUT2D eigenvalue weighted by molar-refractivity contribution is 0.386. The predicted octanol–water partition coefficient (Wildman–Crippen LogP) is 1.58. The smallest absolute Gasteiger partial charge is 0.264 e. The SMILES string of the molecule is COc1ccc(-c2ccc(=O)[nH]n2)cc1F. The average molecular weight is 220 g/mol. The van der Waals surface area contributed by atoms with Crippen LogP contribution in [0.1, 0.15) is 0 Å². The summed E-state index contributed by atoms with van der Waals surface area (Å²) < 4.78 is 18.2. The number of methoxy groups -OCH3 is 1. The Hall–Kier alpha value is -2.17. The second-order valence-corrected chi connectivity index (χ2v) is 3.16. The standard InChI is InChI=1S/C11H9FN2O2/c1-16-10-4-2-7(6-8(10)12)9-3-5-11(15)14-13-9/h2-6H,1H3,(H,14,15). The average Bonchev–Trinajstić information content (AvgIpc) is 2.30. The van der Waals surface area contributed by atoms with Gasteiger partial charge in [0.2, 0.25) is 0 Å². The van der Waals surface area contributed by atoms with Crippen molar-refractivity contribution in [3.8, 4) is 17.0 Å². The van der Waals surface area contributed by atoms with Gasteiger partial charge >= 0.3 is 0 Å². The van der Waals surface area contributed by atoms with Crippen molar-refractivity contribution in [3.63, 3.8) is 0 Å². The summed E-state index contributed by atoms with van der Waals surface area (Å²) in [5.74, 6) is -0.291. The lowest BCUT2D eigenvalue weighted by Crippen LogP contribution is -2.05. The summed E-state index contributed by atoms with van der Waals surface area (Å²) in [5, 5.41) is 6.09. The highest BCUT2D eigenvalue weighted by Gasteiger charge is 2.05. The summed E-state index contributed by atoms with van der Waals surface area (Å²) >= 11 is 0. The molecule has 1 N–H and O–H groups in total. The largest absolute Gasteiger partial charge is 0.494 e. The number of rotatable bonds is 2. The molecule has 1 heterocycles. The van der Waals surface area contributed by atoms with Crippen LogP contribution in [0.15, 0.2) is 35.1 Å². The predicted molar refractivity (Wildman–Crippen MR) is 56.8 cm³/mol. The number of hydrogen-bond donors (Lipinski definition) is 1. The van der Waals surface area contributed by atoms with Gasteiger partial charge in [-0.2, -0.15) is 5.10 Å². The molecule has 0 amide bonds. The Balaban J connectivity index is 2.45. The zero-order valence-electron chi connectivity index (χ0n) is 8.53. The summed E-state index contributed by atoms with van der Waals surface area (Å²) in [6, 6.07) is 7.35. The molecule has 16 heavy (non-hydrogen) atoms. The van der Waals surface area contributed by atoms with E-state index < -0.39 is 5.82 Å². The molecule has 0 spiro atoms. The van der Waals surface area contributed by atoms with Gasteiger partial charge in [0.1, 0.15) is 0 Å².